The molecular weight excluding hydrogens is 332 g/mol. The standard InChI is InChI=1S/C24H22N2O/c1-2-17-12-14-19(15-13-17)24-26-22(20-10-6-7-11-23(20)27-24)16-21(25-26)18-8-4-3-5-9-18/h3-15,22,24H,2,16H2,1H3/t22-,24+/m0/s1. The van der Waals surface area contributed by atoms with Gasteiger partial charge in [-0.1, -0.05) is 79.7 Å². The second-order valence-corrected chi connectivity index (χ2v) is 7.12. The molecule has 3 nitrogen and oxygen atoms in total. The van der Waals surface area contributed by atoms with Crippen molar-refractivity contribution in [1.82, 2.24) is 5.01 Å². The first-order valence-electron chi connectivity index (χ1n) is 9.59. The summed E-state index contributed by atoms with van der Waals surface area (Å²) in [5.74, 6) is 0.966. The molecule has 2 aliphatic rings. The topological polar surface area (TPSA) is 24.8 Å². The summed E-state index contributed by atoms with van der Waals surface area (Å²) in [5, 5.41) is 7.15. The van der Waals surface area contributed by atoms with Crippen LogP contribution in [0.4, 0.5) is 0 Å². The van der Waals surface area contributed by atoms with Gasteiger partial charge in [0.1, 0.15) is 5.75 Å². The Morgan fingerprint density at radius 3 is 2.44 bits per heavy atom. The molecule has 2 atom stereocenters. The van der Waals surface area contributed by atoms with Gasteiger partial charge < -0.3 is 4.74 Å². The van der Waals surface area contributed by atoms with Crippen LogP contribution in [0, 0.1) is 0 Å². The van der Waals surface area contributed by atoms with Crippen molar-refractivity contribution in [2.24, 2.45) is 5.10 Å². The van der Waals surface area contributed by atoms with Gasteiger partial charge in [0.15, 0.2) is 0 Å². The highest BCUT2D eigenvalue weighted by Gasteiger charge is 2.40. The van der Waals surface area contributed by atoms with Gasteiger partial charge in [-0.15, -0.1) is 0 Å². The van der Waals surface area contributed by atoms with Crippen molar-refractivity contribution in [1.29, 1.82) is 0 Å². The van der Waals surface area contributed by atoms with Crippen LogP contribution in [-0.2, 0) is 6.42 Å². The average molecular weight is 354 g/mol. The van der Waals surface area contributed by atoms with Crippen LogP contribution in [0.2, 0.25) is 0 Å². The van der Waals surface area contributed by atoms with Gasteiger partial charge in [-0.3, -0.25) is 0 Å². The molecule has 0 aromatic heterocycles. The fraction of sp³-hybridized carbons (Fsp3) is 0.208. The fourth-order valence-electron chi connectivity index (χ4n) is 3.98. The van der Waals surface area contributed by atoms with Crippen LogP contribution in [0.3, 0.4) is 0 Å². The van der Waals surface area contributed by atoms with Gasteiger partial charge in [-0.2, -0.15) is 5.10 Å². The van der Waals surface area contributed by atoms with Crippen LogP contribution in [0.25, 0.3) is 0 Å². The summed E-state index contributed by atoms with van der Waals surface area (Å²) >= 11 is 0. The van der Waals surface area contributed by atoms with Gasteiger partial charge in [0.2, 0.25) is 6.23 Å². The third-order valence-electron chi connectivity index (χ3n) is 5.48. The highest BCUT2D eigenvalue weighted by molar-refractivity contribution is 6.01. The molecule has 0 spiro atoms. The fourth-order valence-corrected chi connectivity index (χ4v) is 3.98. The first kappa shape index (κ1) is 16.1. The van der Waals surface area contributed by atoms with E-state index < -0.39 is 0 Å². The van der Waals surface area contributed by atoms with Gasteiger partial charge in [0.25, 0.3) is 0 Å². The Balaban J connectivity index is 1.57. The van der Waals surface area contributed by atoms with Crippen molar-refractivity contribution < 1.29 is 4.74 Å². The second-order valence-electron chi connectivity index (χ2n) is 7.12. The summed E-state index contributed by atoms with van der Waals surface area (Å²) in [7, 11) is 0. The minimum atomic E-state index is -0.197. The van der Waals surface area contributed by atoms with Crippen LogP contribution in [0.1, 0.15) is 47.9 Å². The minimum absolute atomic E-state index is 0.197. The predicted octanol–water partition coefficient (Wildman–Crippen LogP) is 5.49. The van der Waals surface area contributed by atoms with Crippen LogP contribution in [0.15, 0.2) is 84.0 Å². The molecule has 27 heavy (non-hydrogen) atoms. The maximum absolute atomic E-state index is 6.41. The van der Waals surface area contributed by atoms with E-state index in [1.807, 2.05) is 12.1 Å². The lowest BCUT2D eigenvalue weighted by atomic mass is 9.96. The van der Waals surface area contributed by atoms with Crippen LogP contribution in [0.5, 0.6) is 5.75 Å². The zero-order valence-corrected chi connectivity index (χ0v) is 15.4. The molecule has 0 unspecified atom stereocenters. The summed E-state index contributed by atoms with van der Waals surface area (Å²) in [6, 6.07) is 27.7. The van der Waals surface area contributed by atoms with E-state index in [0.717, 1.165) is 29.9 Å². The molecule has 0 bridgehead atoms. The monoisotopic (exact) mass is 354 g/mol. The summed E-state index contributed by atoms with van der Waals surface area (Å²) in [6.07, 6.45) is 1.74. The molecule has 3 aromatic rings. The molecule has 5 rings (SSSR count). The van der Waals surface area contributed by atoms with Crippen molar-refractivity contribution in [2.45, 2.75) is 32.0 Å². The molecule has 0 fully saturated rings. The smallest absolute Gasteiger partial charge is 0.213 e. The molecule has 0 N–H and O–H groups in total. The molecule has 2 heterocycles. The van der Waals surface area contributed by atoms with E-state index in [1.54, 1.807) is 0 Å². The Labute approximate surface area is 159 Å². The zero-order valence-electron chi connectivity index (χ0n) is 15.4. The van der Waals surface area contributed by atoms with Gasteiger partial charge in [0.05, 0.1) is 11.8 Å². The van der Waals surface area contributed by atoms with E-state index in [2.05, 4.69) is 78.7 Å². The van der Waals surface area contributed by atoms with Crippen molar-refractivity contribution in [3.05, 3.63) is 101 Å². The third kappa shape index (κ3) is 2.80. The van der Waals surface area contributed by atoms with E-state index in [-0.39, 0.29) is 12.3 Å². The van der Waals surface area contributed by atoms with Gasteiger partial charge in [0, 0.05) is 17.5 Å². The molecular formula is C24H22N2O. The van der Waals surface area contributed by atoms with Crippen molar-refractivity contribution in [2.75, 3.05) is 0 Å². The number of fused-ring (bicyclic) bond motifs is 3. The highest BCUT2D eigenvalue weighted by Crippen LogP contribution is 2.47. The molecule has 0 radical (unpaired) electrons. The molecule has 134 valence electrons. The normalized spacial score (nSPS) is 20.5. The van der Waals surface area contributed by atoms with Gasteiger partial charge in [-0.25, -0.2) is 5.01 Å². The maximum Gasteiger partial charge on any atom is 0.213 e. The summed E-state index contributed by atoms with van der Waals surface area (Å²) in [6.45, 7) is 2.18. The highest BCUT2D eigenvalue weighted by atomic mass is 16.5. The maximum atomic E-state index is 6.41. The molecule has 0 amide bonds. The quantitative estimate of drug-likeness (QED) is 0.621. The second kappa shape index (κ2) is 6.58. The number of para-hydroxylation sites is 1. The predicted molar refractivity (Wildman–Crippen MR) is 108 cm³/mol. The van der Waals surface area contributed by atoms with E-state index >= 15 is 0 Å². The molecule has 2 aliphatic heterocycles. The number of hydrogen-bond acceptors (Lipinski definition) is 3. The van der Waals surface area contributed by atoms with Crippen molar-refractivity contribution in [3.8, 4) is 5.75 Å². The Morgan fingerprint density at radius 1 is 0.926 bits per heavy atom. The lowest BCUT2D eigenvalue weighted by Gasteiger charge is -2.38. The van der Waals surface area contributed by atoms with E-state index in [0.29, 0.717) is 0 Å². The largest absolute Gasteiger partial charge is 0.464 e. The lowest BCUT2D eigenvalue weighted by molar-refractivity contribution is -0.0190. The number of hydrogen-bond donors (Lipinski definition) is 0. The van der Waals surface area contributed by atoms with E-state index in [1.165, 1.54) is 16.7 Å². The lowest BCUT2D eigenvalue weighted by Crippen LogP contribution is -2.33. The first-order chi connectivity index (χ1) is 13.3. The molecule has 0 saturated heterocycles. The van der Waals surface area contributed by atoms with Gasteiger partial charge in [-0.05, 0) is 23.6 Å². The third-order valence-corrected chi connectivity index (χ3v) is 5.48. The number of benzene rings is 3. The Hall–Kier alpha value is -3.07. The van der Waals surface area contributed by atoms with Crippen molar-refractivity contribution >= 4 is 5.71 Å². The molecule has 0 aliphatic carbocycles. The number of hydrazone groups is 1. The van der Waals surface area contributed by atoms with Crippen LogP contribution < -0.4 is 4.74 Å². The minimum Gasteiger partial charge on any atom is -0.464 e. The first-order valence-corrected chi connectivity index (χ1v) is 9.59. The summed E-state index contributed by atoms with van der Waals surface area (Å²) in [5.41, 5.74) is 6.00. The summed E-state index contributed by atoms with van der Waals surface area (Å²) in [4.78, 5) is 0. The van der Waals surface area contributed by atoms with Crippen LogP contribution >= 0.6 is 0 Å². The number of nitrogens with zero attached hydrogens (tertiary/aromatic N) is 2. The molecule has 3 aromatic carbocycles. The number of ether oxygens (including phenoxy) is 1. The van der Waals surface area contributed by atoms with E-state index in [4.69, 9.17) is 9.84 Å². The SMILES string of the molecule is CCc1ccc([C@H]2Oc3ccccc3[C@@H]3CC(c4ccccc4)=NN23)cc1. The van der Waals surface area contributed by atoms with Gasteiger partial charge >= 0.3 is 0 Å². The number of aryl methyl sites for hydroxylation is 1. The zero-order chi connectivity index (χ0) is 18.2. The Kier molecular flexibility index (Phi) is 3.93. The molecule has 3 heteroatoms. The Bertz CT molecular complexity index is 979. The van der Waals surface area contributed by atoms with Crippen molar-refractivity contribution in [3.63, 3.8) is 0 Å². The van der Waals surface area contributed by atoms with Crippen LogP contribution in [-0.4, -0.2) is 10.7 Å². The molecule has 0 saturated carbocycles. The van der Waals surface area contributed by atoms with E-state index in [9.17, 15) is 0 Å². The summed E-state index contributed by atoms with van der Waals surface area (Å²) < 4.78 is 6.41. The average Bonchev–Trinajstić information content (AvgIpc) is 3.20. The number of rotatable bonds is 3. The Morgan fingerprint density at radius 2 is 1.67 bits per heavy atom.